The first-order chi connectivity index (χ1) is 21.5. The van der Waals surface area contributed by atoms with Crippen LogP contribution in [0.3, 0.4) is 0 Å². The Balaban J connectivity index is 0.00000141. The predicted octanol–water partition coefficient (Wildman–Crippen LogP) is 5.68. The molecule has 0 amide bonds. The van der Waals surface area contributed by atoms with Crippen LogP contribution in [0, 0.1) is 0 Å². The first-order valence-electron chi connectivity index (χ1n) is 16.1. The summed E-state index contributed by atoms with van der Waals surface area (Å²) >= 11 is 0. The minimum absolute atomic E-state index is 0.0802. The van der Waals surface area contributed by atoms with Crippen molar-refractivity contribution >= 4 is 23.3 Å². The summed E-state index contributed by atoms with van der Waals surface area (Å²) in [7, 11) is 0. The molecule has 0 aliphatic carbocycles. The van der Waals surface area contributed by atoms with E-state index in [-0.39, 0.29) is 19.0 Å². The number of pyridine rings is 1. The van der Waals surface area contributed by atoms with Crippen LogP contribution in [0.4, 0.5) is 0 Å². The van der Waals surface area contributed by atoms with Gasteiger partial charge in [0.15, 0.2) is 0 Å². The molecule has 0 spiro atoms. The van der Waals surface area contributed by atoms with Gasteiger partial charge in [0.1, 0.15) is 23.1 Å². The zero-order valence-corrected chi connectivity index (χ0v) is 25.7. The van der Waals surface area contributed by atoms with Crippen LogP contribution < -0.4 is 9.47 Å². The minimum atomic E-state index is -0.807. The van der Waals surface area contributed by atoms with Crippen LogP contribution in [0.25, 0.3) is 10.9 Å². The van der Waals surface area contributed by atoms with Gasteiger partial charge in [-0.1, -0.05) is 43.2 Å². The van der Waals surface area contributed by atoms with Gasteiger partial charge in [0, 0.05) is 43.7 Å². The molecular formula is C35H47N3O6. The second-order valence-corrected chi connectivity index (χ2v) is 11.6. The van der Waals surface area contributed by atoms with E-state index in [1.54, 1.807) is 0 Å². The lowest BCUT2D eigenvalue weighted by Crippen LogP contribution is -2.39. The number of rotatable bonds is 13. The minimum Gasteiger partial charge on any atom is -0.494 e. The fourth-order valence-electron chi connectivity index (χ4n) is 5.94. The Labute approximate surface area is 260 Å². The number of benzene rings is 2. The number of carboxylic acids is 1. The van der Waals surface area contributed by atoms with Gasteiger partial charge in [-0.05, 0) is 81.4 Å². The van der Waals surface area contributed by atoms with Crippen LogP contribution in [0.15, 0.2) is 54.6 Å². The van der Waals surface area contributed by atoms with Crippen molar-refractivity contribution in [1.82, 2.24) is 14.8 Å². The van der Waals surface area contributed by atoms with Crippen LogP contribution in [-0.4, -0.2) is 89.4 Å². The van der Waals surface area contributed by atoms with Crippen molar-refractivity contribution in [2.45, 2.75) is 70.3 Å². The molecule has 44 heavy (non-hydrogen) atoms. The van der Waals surface area contributed by atoms with E-state index in [0.717, 1.165) is 86.6 Å². The number of para-hydroxylation sites is 1. The summed E-state index contributed by atoms with van der Waals surface area (Å²) in [5.41, 5.74) is 2.96. The molecule has 9 nitrogen and oxygen atoms in total. The number of hydrogen-bond donors (Lipinski definition) is 2. The maximum Gasteiger partial charge on any atom is 0.303 e. The summed E-state index contributed by atoms with van der Waals surface area (Å²) in [4.78, 5) is 29.2. The number of aromatic nitrogens is 1. The Morgan fingerprint density at radius 1 is 0.886 bits per heavy atom. The third-order valence-electron chi connectivity index (χ3n) is 8.39. The van der Waals surface area contributed by atoms with Crippen LogP contribution >= 0.6 is 0 Å². The molecule has 1 aromatic heterocycles. The molecule has 0 atom stereocenters. The molecule has 0 unspecified atom stereocenters. The van der Waals surface area contributed by atoms with Gasteiger partial charge in [0.25, 0.3) is 6.47 Å². The molecule has 2 N–H and O–H groups in total. The van der Waals surface area contributed by atoms with Gasteiger partial charge in [-0.25, -0.2) is 4.98 Å². The van der Waals surface area contributed by atoms with Crippen molar-refractivity contribution in [1.29, 1.82) is 0 Å². The number of aryl methyl sites for hydroxylation is 1. The number of aliphatic carboxylic acids is 1. The number of hydrogen-bond acceptors (Lipinski definition) is 7. The van der Waals surface area contributed by atoms with Crippen molar-refractivity contribution < 1.29 is 29.3 Å². The summed E-state index contributed by atoms with van der Waals surface area (Å²) in [6.45, 7) is 7.27. The maximum atomic E-state index is 11.0. The average Bonchev–Trinajstić information content (AvgIpc) is 3.32. The highest BCUT2D eigenvalue weighted by Crippen LogP contribution is 2.27. The van der Waals surface area contributed by atoms with E-state index in [0.29, 0.717) is 6.42 Å². The third-order valence-corrected chi connectivity index (χ3v) is 8.39. The van der Waals surface area contributed by atoms with Crippen LogP contribution in [0.5, 0.6) is 11.5 Å². The van der Waals surface area contributed by atoms with E-state index in [2.05, 4.69) is 34.1 Å². The number of ether oxygens (including phenoxy) is 2. The smallest absolute Gasteiger partial charge is 0.303 e. The molecule has 3 aromatic rings. The summed E-state index contributed by atoms with van der Waals surface area (Å²) in [6.07, 6.45) is 10.2. The Hall–Kier alpha value is -3.69. The van der Waals surface area contributed by atoms with Crippen molar-refractivity contribution in [2.24, 2.45) is 0 Å². The summed E-state index contributed by atoms with van der Waals surface area (Å²) in [5, 5.41) is 16.9. The lowest BCUT2D eigenvalue weighted by molar-refractivity contribution is -0.137. The van der Waals surface area contributed by atoms with Gasteiger partial charge >= 0.3 is 5.97 Å². The molecule has 0 radical (unpaired) electrons. The second-order valence-electron chi connectivity index (χ2n) is 11.6. The van der Waals surface area contributed by atoms with Crippen LogP contribution in [0.1, 0.15) is 62.6 Å². The monoisotopic (exact) mass is 605 g/mol. The first kappa shape index (κ1) is 33.2. The molecule has 3 heterocycles. The van der Waals surface area contributed by atoms with Gasteiger partial charge in [-0.3, -0.25) is 9.59 Å². The quantitative estimate of drug-likeness (QED) is 0.188. The van der Waals surface area contributed by atoms with Gasteiger partial charge < -0.3 is 29.5 Å². The molecular weight excluding hydrogens is 558 g/mol. The number of nitrogens with zero attached hydrogens (tertiary/aromatic N) is 3. The largest absolute Gasteiger partial charge is 0.494 e. The maximum absolute atomic E-state index is 11.0. The van der Waals surface area contributed by atoms with Crippen molar-refractivity contribution in [2.75, 3.05) is 45.9 Å². The highest BCUT2D eigenvalue weighted by Gasteiger charge is 2.21. The van der Waals surface area contributed by atoms with Gasteiger partial charge in [-0.15, -0.1) is 0 Å². The number of likely N-dealkylation sites (tertiary alicyclic amines) is 2. The summed E-state index contributed by atoms with van der Waals surface area (Å²) in [6, 6.07) is 18.6. The Bertz CT molecular complexity index is 1290. The van der Waals surface area contributed by atoms with E-state index in [1.807, 2.05) is 30.3 Å². The normalized spacial score (nSPS) is 16.5. The number of carbonyl (C=O) groups is 2. The molecule has 5 rings (SSSR count). The SMILES string of the molecule is O=C(O)CCc1ccc2cccc(OC3CCN(CCc4ccc(OCCCN5CCCCCC5)cc4)CC3)c2n1.O=CO. The Kier molecular flexibility index (Phi) is 13.7. The molecule has 2 aromatic carbocycles. The molecule has 2 saturated heterocycles. The standard InChI is InChI=1S/C34H45N3O4.CH2O2/c38-33(39)16-13-29-12-11-28-7-5-8-32(34(28)35-29)41-31-18-24-37(25-19-31)23-17-27-9-14-30(15-10-27)40-26-6-22-36-20-3-1-2-4-21-36;2-1-3/h5,7-12,14-15,31H,1-4,6,13,16-26H2,(H,38,39);1H,(H,2,3). The zero-order chi connectivity index (χ0) is 31.0. The van der Waals surface area contributed by atoms with Crippen molar-refractivity contribution in [3.8, 4) is 11.5 Å². The Morgan fingerprint density at radius 2 is 1.59 bits per heavy atom. The zero-order valence-electron chi connectivity index (χ0n) is 25.7. The molecule has 0 bridgehead atoms. The number of carboxylic acid groups (broad SMARTS) is 2. The third kappa shape index (κ3) is 11.1. The van der Waals surface area contributed by atoms with Gasteiger partial charge in [0.05, 0.1) is 13.0 Å². The lowest BCUT2D eigenvalue weighted by atomic mass is 10.1. The van der Waals surface area contributed by atoms with E-state index in [9.17, 15) is 4.79 Å². The van der Waals surface area contributed by atoms with E-state index >= 15 is 0 Å². The molecule has 0 saturated carbocycles. The van der Waals surface area contributed by atoms with Gasteiger partial charge in [0.2, 0.25) is 0 Å². The number of piperidine rings is 1. The van der Waals surface area contributed by atoms with Gasteiger partial charge in [-0.2, -0.15) is 0 Å². The fraction of sp³-hybridized carbons (Fsp3) is 0.514. The molecule has 2 aliphatic heterocycles. The average molecular weight is 606 g/mol. The van der Waals surface area contributed by atoms with Crippen LogP contribution in [0.2, 0.25) is 0 Å². The van der Waals surface area contributed by atoms with E-state index < -0.39 is 5.97 Å². The van der Waals surface area contributed by atoms with Crippen molar-refractivity contribution in [3.63, 3.8) is 0 Å². The predicted molar refractivity (Wildman–Crippen MR) is 172 cm³/mol. The van der Waals surface area contributed by atoms with Crippen LogP contribution in [-0.2, 0) is 22.4 Å². The van der Waals surface area contributed by atoms with E-state index in [4.69, 9.17) is 29.5 Å². The lowest BCUT2D eigenvalue weighted by Gasteiger charge is -2.32. The highest BCUT2D eigenvalue weighted by molar-refractivity contribution is 5.84. The Morgan fingerprint density at radius 3 is 2.30 bits per heavy atom. The van der Waals surface area contributed by atoms with E-state index in [1.165, 1.54) is 44.3 Å². The fourth-order valence-corrected chi connectivity index (χ4v) is 5.94. The topological polar surface area (TPSA) is 112 Å². The van der Waals surface area contributed by atoms with Crippen molar-refractivity contribution in [3.05, 3.63) is 65.9 Å². The first-order valence-corrected chi connectivity index (χ1v) is 16.1. The molecule has 2 fully saturated rings. The highest BCUT2D eigenvalue weighted by atomic mass is 16.5. The summed E-state index contributed by atoms with van der Waals surface area (Å²) in [5.74, 6) is 0.959. The molecule has 238 valence electrons. The number of fused-ring (bicyclic) bond motifs is 1. The second kappa shape index (κ2) is 18.2. The molecule has 2 aliphatic rings. The molecule has 9 heteroatoms. The summed E-state index contributed by atoms with van der Waals surface area (Å²) < 4.78 is 12.4.